The number of nitrogens with zero attached hydrogens (tertiary/aromatic N) is 2. The number of hydrogen-bond acceptors (Lipinski definition) is 7. The highest BCUT2D eigenvalue weighted by Gasteiger charge is 2.22. The molecule has 0 saturated heterocycles. The monoisotopic (exact) mass is 507 g/mol. The second-order valence-electron chi connectivity index (χ2n) is 7.94. The number of fused-ring (bicyclic) bond motifs is 1. The lowest BCUT2D eigenvalue weighted by molar-refractivity contribution is -0.142. The number of aromatic amines is 1. The van der Waals surface area contributed by atoms with Gasteiger partial charge in [-0.05, 0) is 43.7 Å². The first-order valence-electron chi connectivity index (χ1n) is 11.2. The van der Waals surface area contributed by atoms with Crippen molar-refractivity contribution < 1.29 is 32.3 Å². The SMILES string of the molecule is CCOC(=O)Cc1c(C)[nH]c2cc(OCCN(CCO)c3ccccc3N(F)S(C)(=O)=O)ccc12. The van der Waals surface area contributed by atoms with Gasteiger partial charge in [-0.1, -0.05) is 16.6 Å². The van der Waals surface area contributed by atoms with Crippen LogP contribution in [0.3, 0.4) is 0 Å². The van der Waals surface area contributed by atoms with E-state index in [0.29, 0.717) is 18.0 Å². The van der Waals surface area contributed by atoms with Crippen LogP contribution in [-0.4, -0.2) is 63.6 Å². The van der Waals surface area contributed by atoms with E-state index in [9.17, 15) is 22.8 Å². The van der Waals surface area contributed by atoms with Gasteiger partial charge in [0.1, 0.15) is 18.0 Å². The number of aliphatic hydroxyl groups excluding tert-OH is 1. The van der Waals surface area contributed by atoms with E-state index >= 15 is 0 Å². The fourth-order valence-corrected chi connectivity index (χ4v) is 4.36. The molecule has 3 rings (SSSR count). The van der Waals surface area contributed by atoms with E-state index in [1.54, 1.807) is 30.0 Å². The predicted octanol–water partition coefficient (Wildman–Crippen LogP) is 3.11. The Hall–Kier alpha value is -3.31. The Balaban J connectivity index is 1.74. The molecule has 2 aromatic carbocycles. The number of sulfonamides is 1. The van der Waals surface area contributed by atoms with Gasteiger partial charge in [0.05, 0.1) is 38.1 Å². The second kappa shape index (κ2) is 11.4. The van der Waals surface area contributed by atoms with Gasteiger partial charge in [0.25, 0.3) is 10.0 Å². The van der Waals surface area contributed by atoms with Crippen LogP contribution in [0.1, 0.15) is 18.2 Å². The van der Waals surface area contributed by atoms with Gasteiger partial charge < -0.3 is 24.5 Å². The summed E-state index contributed by atoms with van der Waals surface area (Å²) in [7, 11) is -4.11. The number of carbonyl (C=O) groups is 1. The molecular formula is C24H30FN3O6S. The molecule has 0 aliphatic carbocycles. The van der Waals surface area contributed by atoms with Gasteiger partial charge in [-0.15, -0.1) is 4.53 Å². The van der Waals surface area contributed by atoms with Crippen molar-refractivity contribution in [3.05, 3.63) is 53.7 Å². The number of benzene rings is 2. The third kappa shape index (κ3) is 6.43. The Morgan fingerprint density at radius 3 is 2.51 bits per heavy atom. The van der Waals surface area contributed by atoms with Crippen LogP contribution in [0, 0.1) is 6.92 Å². The lowest BCUT2D eigenvalue weighted by Crippen LogP contribution is -2.33. The van der Waals surface area contributed by atoms with Crippen molar-refractivity contribution in [2.75, 3.05) is 48.6 Å². The van der Waals surface area contributed by atoms with Gasteiger partial charge in [0.15, 0.2) is 0 Å². The summed E-state index contributed by atoms with van der Waals surface area (Å²) in [4.78, 5) is 16.8. The van der Waals surface area contributed by atoms with E-state index in [2.05, 4.69) is 4.98 Å². The summed E-state index contributed by atoms with van der Waals surface area (Å²) in [5.41, 5.74) is 2.74. The molecule has 0 aliphatic heterocycles. The maximum atomic E-state index is 14.5. The lowest BCUT2D eigenvalue weighted by Gasteiger charge is -2.27. The highest BCUT2D eigenvalue weighted by atomic mass is 32.2. The zero-order chi connectivity index (χ0) is 25.6. The quantitative estimate of drug-likeness (QED) is 0.286. The number of aliphatic hydroxyl groups is 1. The van der Waals surface area contributed by atoms with Gasteiger partial charge in [-0.2, -0.15) is 0 Å². The third-order valence-electron chi connectivity index (χ3n) is 5.42. The first-order valence-corrected chi connectivity index (χ1v) is 13.0. The fourth-order valence-electron chi connectivity index (χ4n) is 3.85. The molecular weight excluding hydrogens is 477 g/mol. The Morgan fingerprint density at radius 2 is 1.86 bits per heavy atom. The van der Waals surface area contributed by atoms with Crippen molar-refractivity contribution >= 4 is 38.3 Å². The van der Waals surface area contributed by atoms with E-state index in [4.69, 9.17) is 9.47 Å². The molecule has 0 fully saturated rings. The minimum Gasteiger partial charge on any atom is -0.492 e. The summed E-state index contributed by atoms with van der Waals surface area (Å²) >= 11 is 0. The standard InChI is InChI=1S/C24H30FN3O6S/c1-4-33-24(30)16-20-17(2)26-21-15-18(9-10-19(20)21)34-14-12-27(11-13-29)22-7-5-6-8-23(22)28(25)35(3,31)32/h5-10,15,26,29H,4,11-14,16H2,1-3H3. The van der Waals surface area contributed by atoms with Gasteiger partial charge in [0.2, 0.25) is 0 Å². The second-order valence-corrected chi connectivity index (χ2v) is 9.73. The summed E-state index contributed by atoms with van der Waals surface area (Å²) in [6, 6.07) is 11.6. The minimum absolute atomic E-state index is 0.138. The van der Waals surface area contributed by atoms with E-state index < -0.39 is 10.0 Å². The van der Waals surface area contributed by atoms with Crippen molar-refractivity contribution in [1.29, 1.82) is 0 Å². The van der Waals surface area contributed by atoms with Crippen LogP contribution < -0.4 is 14.2 Å². The van der Waals surface area contributed by atoms with Crippen LogP contribution in [-0.2, 0) is 26.0 Å². The Labute approximate surface area is 204 Å². The van der Waals surface area contributed by atoms with Gasteiger partial charge in [-0.25, -0.2) is 8.42 Å². The van der Waals surface area contributed by atoms with Crippen LogP contribution in [0.5, 0.6) is 5.75 Å². The number of H-pyrrole nitrogens is 1. The number of rotatable bonds is 12. The molecule has 11 heteroatoms. The maximum absolute atomic E-state index is 14.5. The Morgan fingerprint density at radius 1 is 1.14 bits per heavy atom. The first kappa shape index (κ1) is 26.3. The number of nitrogens with one attached hydrogen (secondary N) is 1. The van der Waals surface area contributed by atoms with E-state index in [1.807, 2.05) is 19.1 Å². The highest BCUT2D eigenvalue weighted by molar-refractivity contribution is 7.91. The van der Waals surface area contributed by atoms with Crippen LogP contribution in [0.4, 0.5) is 15.9 Å². The summed E-state index contributed by atoms with van der Waals surface area (Å²) in [6.07, 6.45) is 0.953. The summed E-state index contributed by atoms with van der Waals surface area (Å²) < 4.78 is 48.6. The third-order valence-corrected chi connectivity index (χ3v) is 6.20. The van der Waals surface area contributed by atoms with Crippen molar-refractivity contribution in [3.63, 3.8) is 0 Å². The number of aryl methyl sites for hydroxylation is 1. The van der Waals surface area contributed by atoms with Crippen LogP contribution in [0.25, 0.3) is 10.9 Å². The molecule has 1 heterocycles. The number of ether oxygens (including phenoxy) is 2. The van der Waals surface area contributed by atoms with Crippen molar-refractivity contribution in [3.8, 4) is 5.75 Å². The summed E-state index contributed by atoms with van der Waals surface area (Å²) in [5, 5.41) is 10.4. The molecule has 1 aromatic heterocycles. The molecule has 0 unspecified atom stereocenters. The van der Waals surface area contributed by atoms with Crippen molar-refractivity contribution in [1.82, 2.24) is 4.98 Å². The maximum Gasteiger partial charge on any atom is 0.310 e. The number of hydrogen-bond donors (Lipinski definition) is 2. The molecule has 0 radical (unpaired) electrons. The number of carbonyl (C=O) groups excluding carboxylic acids is 1. The fraction of sp³-hybridized carbons (Fsp3) is 0.375. The van der Waals surface area contributed by atoms with Gasteiger partial charge >= 0.3 is 5.97 Å². The predicted molar refractivity (Wildman–Crippen MR) is 133 cm³/mol. The average molecular weight is 508 g/mol. The lowest BCUT2D eigenvalue weighted by atomic mass is 10.1. The number of aromatic nitrogens is 1. The molecule has 3 aromatic rings. The molecule has 9 nitrogen and oxygen atoms in total. The molecule has 0 spiro atoms. The highest BCUT2D eigenvalue weighted by Crippen LogP contribution is 2.31. The average Bonchev–Trinajstić information content (AvgIpc) is 3.11. The largest absolute Gasteiger partial charge is 0.492 e. The molecule has 0 aliphatic rings. The zero-order valence-corrected chi connectivity index (χ0v) is 20.8. The summed E-state index contributed by atoms with van der Waals surface area (Å²) in [5.74, 6) is 0.297. The van der Waals surface area contributed by atoms with Gasteiger partial charge in [-0.3, -0.25) is 4.79 Å². The molecule has 190 valence electrons. The molecule has 2 N–H and O–H groups in total. The van der Waals surface area contributed by atoms with E-state index in [1.165, 1.54) is 12.1 Å². The number of anilines is 2. The minimum atomic E-state index is -4.11. The van der Waals surface area contributed by atoms with Crippen LogP contribution in [0.2, 0.25) is 0 Å². The Bertz CT molecular complexity index is 1280. The van der Waals surface area contributed by atoms with Crippen molar-refractivity contribution in [2.45, 2.75) is 20.3 Å². The Kier molecular flexibility index (Phi) is 8.57. The molecule has 0 atom stereocenters. The van der Waals surface area contributed by atoms with Gasteiger partial charge in [0, 0.05) is 29.2 Å². The smallest absolute Gasteiger partial charge is 0.310 e. The molecule has 0 amide bonds. The number of para-hydroxylation sites is 2. The zero-order valence-electron chi connectivity index (χ0n) is 20.0. The number of esters is 1. The molecule has 0 saturated carbocycles. The number of halogens is 1. The van der Waals surface area contributed by atoms with E-state index in [-0.39, 0.29) is 48.9 Å². The first-order chi connectivity index (χ1) is 16.7. The molecule has 0 bridgehead atoms. The summed E-state index contributed by atoms with van der Waals surface area (Å²) in [6.45, 7) is 4.40. The van der Waals surface area contributed by atoms with Crippen LogP contribution in [0.15, 0.2) is 42.5 Å². The topological polar surface area (TPSA) is 112 Å². The molecule has 35 heavy (non-hydrogen) atoms. The van der Waals surface area contributed by atoms with Crippen molar-refractivity contribution in [2.24, 2.45) is 0 Å². The van der Waals surface area contributed by atoms with E-state index in [0.717, 1.165) is 28.4 Å². The normalized spacial score (nSPS) is 11.5. The van der Waals surface area contributed by atoms with Crippen LogP contribution >= 0.6 is 0 Å².